The van der Waals surface area contributed by atoms with Gasteiger partial charge in [0.25, 0.3) is 0 Å². The standard InChI is InChI=1S/C36H34N6O3/c1-21-16-17-22(2)27(18-21)38-34-36-39-35-31(23(3)40-42(35)25-12-8-7-9-13-25)32(41(36)28-15-11-10-14-26(28)37-34)24-19-29(43-4)33(45-6)30(20-24)44-5/h7-20,32H,1-6H3,(H,37,38)/t32-/m1/s1. The average Bonchev–Trinajstić information content (AvgIpc) is 3.40. The molecule has 2 aliphatic rings. The van der Waals surface area contributed by atoms with E-state index in [1.54, 1.807) is 21.3 Å². The van der Waals surface area contributed by atoms with E-state index in [-0.39, 0.29) is 6.04 Å². The molecule has 0 fully saturated rings. The van der Waals surface area contributed by atoms with Crippen LogP contribution in [0.2, 0.25) is 0 Å². The highest BCUT2D eigenvalue weighted by Crippen LogP contribution is 2.50. The number of aryl methyl sites for hydroxylation is 3. The lowest BCUT2D eigenvalue weighted by atomic mass is 9.92. The molecule has 2 aliphatic heterocycles. The molecule has 0 bridgehead atoms. The predicted molar refractivity (Wildman–Crippen MR) is 179 cm³/mol. The van der Waals surface area contributed by atoms with Crippen molar-refractivity contribution in [1.82, 2.24) is 9.78 Å². The number of hydrogen-bond donors (Lipinski definition) is 1. The van der Waals surface area contributed by atoms with Crippen molar-refractivity contribution < 1.29 is 14.2 Å². The maximum Gasteiger partial charge on any atom is 0.203 e. The second-order valence-electron chi connectivity index (χ2n) is 11.1. The zero-order valence-electron chi connectivity index (χ0n) is 26.1. The second-order valence-corrected chi connectivity index (χ2v) is 11.1. The predicted octanol–water partition coefficient (Wildman–Crippen LogP) is 7.62. The molecule has 1 atom stereocenters. The Morgan fingerprint density at radius 3 is 2.18 bits per heavy atom. The highest BCUT2D eigenvalue weighted by atomic mass is 16.5. The lowest BCUT2D eigenvalue weighted by molar-refractivity contribution is 0.323. The molecular formula is C36H34N6O3. The smallest absolute Gasteiger partial charge is 0.203 e. The Morgan fingerprint density at radius 2 is 1.47 bits per heavy atom. The molecule has 4 aromatic carbocycles. The summed E-state index contributed by atoms with van der Waals surface area (Å²) in [5.74, 6) is 3.72. The number of anilines is 2. The van der Waals surface area contributed by atoms with Crippen LogP contribution >= 0.6 is 0 Å². The molecule has 5 aromatic rings. The zero-order chi connectivity index (χ0) is 31.2. The Morgan fingerprint density at radius 1 is 0.756 bits per heavy atom. The third-order valence-corrected chi connectivity index (χ3v) is 8.29. The highest BCUT2D eigenvalue weighted by molar-refractivity contribution is 6.51. The van der Waals surface area contributed by atoms with E-state index in [0.29, 0.717) is 28.9 Å². The summed E-state index contributed by atoms with van der Waals surface area (Å²) in [5, 5.41) is 8.68. The van der Waals surface area contributed by atoms with Gasteiger partial charge >= 0.3 is 0 Å². The van der Waals surface area contributed by atoms with Crippen molar-refractivity contribution in [2.45, 2.75) is 26.8 Å². The number of hydrogen-bond acceptors (Lipinski definition) is 8. The molecule has 7 rings (SSSR count). The van der Waals surface area contributed by atoms with Gasteiger partial charge < -0.3 is 24.4 Å². The van der Waals surface area contributed by atoms with Gasteiger partial charge in [-0.25, -0.2) is 14.7 Å². The Bertz CT molecular complexity index is 1970. The van der Waals surface area contributed by atoms with Crippen LogP contribution in [-0.4, -0.2) is 42.8 Å². The minimum absolute atomic E-state index is 0.356. The van der Waals surface area contributed by atoms with Crippen LogP contribution in [0.3, 0.4) is 0 Å². The van der Waals surface area contributed by atoms with Gasteiger partial charge in [0, 0.05) is 11.3 Å². The van der Waals surface area contributed by atoms with Gasteiger partial charge in [-0.2, -0.15) is 5.10 Å². The molecule has 3 heterocycles. The van der Waals surface area contributed by atoms with Gasteiger partial charge in [-0.1, -0.05) is 42.5 Å². The number of fused-ring (bicyclic) bond motifs is 4. The molecule has 1 aromatic heterocycles. The minimum atomic E-state index is -0.356. The average molecular weight is 599 g/mol. The molecule has 0 spiro atoms. The Labute approximate surface area is 262 Å². The van der Waals surface area contributed by atoms with Crippen LogP contribution in [0, 0.1) is 20.8 Å². The number of nitrogens with one attached hydrogen (secondary N) is 1. The number of benzene rings is 4. The van der Waals surface area contributed by atoms with Gasteiger partial charge in [0.1, 0.15) is 0 Å². The Kier molecular flexibility index (Phi) is 7.00. The largest absolute Gasteiger partial charge is 0.493 e. The first-order valence-electron chi connectivity index (χ1n) is 14.8. The van der Waals surface area contributed by atoms with E-state index in [0.717, 1.165) is 56.5 Å². The second kappa shape index (κ2) is 11.2. The van der Waals surface area contributed by atoms with Crippen molar-refractivity contribution in [2.24, 2.45) is 9.98 Å². The maximum atomic E-state index is 5.82. The van der Waals surface area contributed by atoms with Crippen LogP contribution in [0.1, 0.15) is 34.0 Å². The number of rotatable bonds is 6. The summed E-state index contributed by atoms with van der Waals surface area (Å²) in [4.78, 5) is 12.7. The molecule has 0 unspecified atom stereocenters. The van der Waals surface area contributed by atoms with Crippen molar-refractivity contribution in [3.05, 3.63) is 113 Å². The topological polar surface area (TPSA) is 85.5 Å². The number of para-hydroxylation sites is 3. The highest BCUT2D eigenvalue weighted by Gasteiger charge is 2.42. The fraction of sp³-hybridized carbons (Fsp3) is 0.194. The number of amidine groups is 2. The summed E-state index contributed by atoms with van der Waals surface area (Å²) in [6.45, 7) is 6.20. The van der Waals surface area contributed by atoms with E-state index in [1.165, 1.54) is 0 Å². The normalized spacial score (nSPS) is 14.9. The van der Waals surface area contributed by atoms with Crippen LogP contribution in [0.25, 0.3) is 5.69 Å². The van der Waals surface area contributed by atoms with Gasteiger partial charge in [0.15, 0.2) is 29.0 Å². The van der Waals surface area contributed by atoms with E-state index >= 15 is 0 Å². The summed E-state index contributed by atoms with van der Waals surface area (Å²) in [7, 11) is 4.88. The number of nitrogens with zero attached hydrogens (tertiary/aromatic N) is 5. The van der Waals surface area contributed by atoms with Crippen LogP contribution in [0.15, 0.2) is 94.9 Å². The van der Waals surface area contributed by atoms with Gasteiger partial charge in [0.05, 0.1) is 50.1 Å². The Hall–Kier alpha value is -5.57. The quantitative estimate of drug-likeness (QED) is 0.216. The first kappa shape index (κ1) is 28.2. The van der Waals surface area contributed by atoms with Crippen LogP contribution < -0.4 is 24.4 Å². The van der Waals surface area contributed by atoms with E-state index in [4.69, 9.17) is 29.3 Å². The lowest BCUT2D eigenvalue weighted by Gasteiger charge is -2.40. The van der Waals surface area contributed by atoms with Crippen LogP contribution in [0.4, 0.5) is 22.9 Å². The SMILES string of the molecule is COc1cc([C@@H]2c3c(C)nn(-c4ccccc4)c3N=C3C(Nc4cc(C)ccc4C)=Nc4ccccc4N32)cc(OC)c1OC. The van der Waals surface area contributed by atoms with Gasteiger partial charge in [0.2, 0.25) is 5.75 Å². The fourth-order valence-electron chi connectivity index (χ4n) is 6.12. The molecule has 226 valence electrons. The van der Waals surface area contributed by atoms with E-state index < -0.39 is 0 Å². The number of aliphatic imine (C=N–C) groups is 2. The van der Waals surface area contributed by atoms with Crippen LogP contribution in [0.5, 0.6) is 17.2 Å². The maximum absolute atomic E-state index is 5.82. The van der Waals surface area contributed by atoms with Crippen molar-refractivity contribution >= 4 is 34.6 Å². The zero-order valence-corrected chi connectivity index (χ0v) is 26.1. The van der Waals surface area contributed by atoms with Crippen LogP contribution in [-0.2, 0) is 0 Å². The van der Waals surface area contributed by atoms with Crippen molar-refractivity contribution in [3.8, 4) is 22.9 Å². The lowest BCUT2D eigenvalue weighted by Crippen LogP contribution is -2.46. The Balaban J connectivity index is 1.53. The van der Waals surface area contributed by atoms with Crippen molar-refractivity contribution in [2.75, 3.05) is 31.5 Å². The summed E-state index contributed by atoms with van der Waals surface area (Å²) in [6.07, 6.45) is 0. The van der Waals surface area contributed by atoms with E-state index in [1.807, 2.05) is 72.3 Å². The third-order valence-electron chi connectivity index (χ3n) is 8.29. The first-order valence-corrected chi connectivity index (χ1v) is 14.8. The summed E-state index contributed by atoms with van der Waals surface area (Å²) >= 11 is 0. The molecule has 9 nitrogen and oxygen atoms in total. The molecule has 0 radical (unpaired) electrons. The van der Waals surface area contributed by atoms with E-state index in [2.05, 4.69) is 48.3 Å². The molecule has 1 N–H and O–H groups in total. The van der Waals surface area contributed by atoms with Gasteiger partial charge in [-0.3, -0.25) is 0 Å². The van der Waals surface area contributed by atoms with E-state index in [9.17, 15) is 0 Å². The molecule has 0 aliphatic carbocycles. The molecule has 0 amide bonds. The molecule has 0 saturated heterocycles. The molecule has 0 saturated carbocycles. The number of aromatic nitrogens is 2. The summed E-state index contributed by atoms with van der Waals surface area (Å²) in [5.41, 5.74) is 8.67. The summed E-state index contributed by atoms with van der Waals surface area (Å²) in [6, 6.07) is 28.2. The first-order chi connectivity index (χ1) is 21.9. The van der Waals surface area contributed by atoms with Gasteiger partial charge in [-0.05, 0) is 79.9 Å². The number of methoxy groups -OCH3 is 3. The van der Waals surface area contributed by atoms with Crippen molar-refractivity contribution in [1.29, 1.82) is 0 Å². The monoisotopic (exact) mass is 598 g/mol. The summed E-state index contributed by atoms with van der Waals surface area (Å²) < 4.78 is 19.2. The molecular weight excluding hydrogens is 564 g/mol. The van der Waals surface area contributed by atoms with Gasteiger partial charge in [-0.15, -0.1) is 0 Å². The number of ether oxygens (including phenoxy) is 3. The molecule has 9 heteroatoms. The minimum Gasteiger partial charge on any atom is -0.493 e. The van der Waals surface area contributed by atoms with Crippen molar-refractivity contribution in [3.63, 3.8) is 0 Å². The molecule has 45 heavy (non-hydrogen) atoms. The third kappa shape index (κ3) is 4.68. The fourth-order valence-corrected chi connectivity index (χ4v) is 6.12.